The van der Waals surface area contributed by atoms with Crippen molar-refractivity contribution >= 4 is 5.91 Å². The topological polar surface area (TPSA) is 64.4 Å². The first kappa shape index (κ1) is 14.8. The number of hydrogen-bond donors (Lipinski definition) is 2. The third-order valence-electron chi connectivity index (χ3n) is 4.36. The van der Waals surface area contributed by atoms with Gasteiger partial charge in [0.2, 0.25) is 5.91 Å². The van der Waals surface area contributed by atoms with Crippen LogP contribution in [0, 0.1) is 5.92 Å². The van der Waals surface area contributed by atoms with Gasteiger partial charge >= 0.3 is 0 Å². The molecule has 1 amide bonds. The molecule has 2 atom stereocenters. The third-order valence-corrected chi connectivity index (χ3v) is 4.36. The molecular formula is C15H28N2O2. The summed E-state index contributed by atoms with van der Waals surface area (Å²) >= 11 is 0. The van der Waals surface area contributed by atoms with E-state index in [1.165, 1.54) is 25.7 Å². The molecule has 2 saturated carbocycles. The Bertz CT molecular complexity index is 277. The molecule has 0 aromatic carbocycles. The van der Waals surface area contributed by atoms with E-state index in [4.69, 9.17) is 10.5 Å². The van der Waals surface area contributed by atoms with E-state index in [1.54, 1.807) is 0 Å². The summed E-state index contributed by atoms with van der Waals surface area (Å²) in [6.07, 6.45) is 10.4. The number of nitrogens with one attached hydrogen (secondary N) is 1. The van der Waals surface area contributed by atoms with Crippen LogP contribution in [-0.4, -0.2) is 31.2 Å². The fraction of sp³-hybridized carbons (Fsp3) is 0.933. The number of rotatable bonds is 6. The lowest BCUT2D eigenvalue weighted by Crippen LogP contribution is -2.38. The molecule has 0 spiro atoms. The predicted molar refractivity (Wildman–Crippen MR) is 75.8 cm³/mol. The number of ether oxygens (including phenoxy) is 1. The molecule has 2 unspecified atom stereocenters. The minimum atomic E-state index is 0.138. The average molecular weight is 268 g/mol. The quantitative estimate of drug-likeness (QED) is 0.724. The van der Waals surface area contributed by atoms with Crippen LogP contribution < -0.4 is 11.1 Å². The maximum absolute atomic E-state index is 12.0. The Hall–Kier alpha value is -0.610. The molecule has 0 aliphatic heterocycles. The number of hydrogen-bond acceptors (Lipinski definition) is 3. The summed E-state index contributed by atoms with van der Waals surface area (Å²) < 4.78 is 5.78. The van der Waals surface area contributed by atoms with Crippen molar-refractivity contribution in [3.63, 3.8) is 0 Å². The Morgan fingerprint density at radius 3 is 2.68 bits per heavy atom. The van der Waals surface area contributed by atoms with Crippen molar-refractivity contribution < 1.29 is 9.53 Å². The van der Waals surface area contributed by atoms with Crippen LogP contribution in [0.2, 0.25) is 0 Å². The first-order valence-electron chi connectivity index (χ1n) is 7.90. The zero-order valence-corrected chi connectivity index (χ0v) is 11.9. The van der Waals surface area contributed by atoms with Gasteiger partial charge in [0.05, 0.1) is 6.10 Å². The number of carbonyl (C=O) groups excluding carboxylic acids is 1. The van der Waals surface area contributed by atoms with Gasteiger partial charge in [-0.1, -0.05) is 19.3 Å². The molecule has 2 fully saturated rings. The van der Waals surface area contributed by atoms with Crippen LogP contribution in [-0.2, 0) is 9.53 Å². The van der Waals surface area contributed by atoms with E-state index < -0.39 is 0 Å². The van der Waals surface area contributed by atoms with Crippen molar-refractivity contribution in [1.29, 1.82) is 0 Å². The van der Waals surface area contributed by atoms with Crippen LogP contribution >= 0.6 is 0 Å². The fourth-order valence-electron chi connectivity index (χ4n) is 3.20. The van der Waals surface area contributed by atoms with E-state index in [2.05, 4.69) is 5.32 Å². The molecule has 2 aliphatic rings. The predicted octanol–water partition coefficient (Wildman–Crippen LogP) is 1.97. The van der Waals surface area contributed by atoms with Gasteiger partial charge in [-0.3, -0.25) is 4.79 Å². The SMILES string of the molecule is NC1CCCC(C(=O)NCCCOC2CCCC2)C1. The fourth-order valence-corrected chi connectivity index (χ4v) is 3.20. The first-order chi connectivity index (χ1) is 9.25. The zero-order valence-electron chi connectivity index (χ0n) is 11.9. The summed E-state index contributed by atoms with van der Waals surface area (Å²) in [6, 6.07) is 0.218. The van der Waals surface area contributed by atoms with Gasteiger partial charge in [0.1, 0.15) is 0 Å². The molecule has 0 radical (unpaired) electrons. The summed E-state index contributed by atoms with van der Waals surface area (Å²) in [6.45, 7) is 1.51. The Labute approximate surface area is 116 Å². The second kappa shape index (κ2) is 7.85. The summed E-state index contributed by atoms with van der Waals surface area (Å²) in [7, 11) is 0. The number of carbonyl (C=O) groups is 1. The van der Waals surface area contributed by atoms with E-state index in [-0.39, 0.29) is 17.9 Å². The molecule has 0 bridgehead atoms. The van der Waals surface area contributed by atoms with E-state index in [0.29, 0.717) is 6.10 Å². The summed E-state index contributed by atoms with van der Waals surface area (Å²) in [4.78, 5) is 12.0. The van der Waals surface area contributed by atoms with Crippen molar-refractivity contribution in [2.45, 2.75) is 69.9 Å². The maximum Gasteiger partial charge on any atom is 0.223 e. The lowest BCUT2D eigenvalue weighted by Gasteiger charge is -2.25. The Morgan fingerprint density at radius 2 is 1.95 bits per heavy atom. The molecule has 0 aromatic heterocycles. The van der Waals surface area contributed by atoms with Gasteiger partial charge in [0, 0.05) is 25.1 Å². The molecule has 4 nitrogen and oxygen atoms in total. The van der Waals surface area contributed by atoms with Crippen LogP contribution in [0.1, 0.15) is 57.8 Å². The summed E-state index contributed by atoms with van der Waals surface area (Å²) in [5, 5.41) is 3.02. The minimum Gasteiger partial charge on any atom is -0.378 e. The number of amides is 1. The highest BCUT2D eigenvalue weighted by Crippen LogP contribution is 2.23. The molecule has 19 heavy (non-hydrogen) atoms. The lowest BCUT2D eigenvalue weighted by molar-refractivity contribution is -0.126. The van der Waals surface area contributed by atoms with Crippen molar-refractivity contribution in [2.75, 3.05) is 13.2 Å². The van der Waals surface area contributed by atoms with Gasteiger partial charge in [-0.2, -0.15) is 0 Å². The molecular weight excluding hydrogens is 240 g/mol. The monoisotopic (exact) mass is 268 g/mol. The van der Waals surface area contributed by atoms with Gasteiger partial charge in [0.15, 0.2) is 0 Å². The molecule has 0 heterocycles. The van der Waals surface area contributed by atoms with Gasteiger partial charge in [-0.25, -0.2) is 0 Å². The van der Waals surface area contributed by atoms with E-state index >= 15 is 0 Å². The highest BCUT2D eigenvalue weighted by Gasteiger charge is 2.24. The van der Waals surface area contributed by atoms with Crippen LogP contribution in [0.15, 0.2) is 0 Å². The standard InChI is InChI=1S/C15H28N2O2/c16-13-6-3-5-12(11-13)15(18)17-9-4-10-19-14-7-1-2-8-14/h12-14H,1-11,16H2,(H,17,18). The van der Waals surface area contributed by atoms with Crippen molar-refractivity contribution in [2.24, 2.45) is 11.7 Å². The van der Waals surface area contributed by atoms with Crippen LogP contribution in [0.4, 0.5) is 0 Å². The second-order valence-electron chi connectivity index (χ2n) is 6.05. The third kappa shape index (κ3) is 5.11. The van der Waals surface area contributed by atoms with Gasteiger partial charge in [0.25, 0.3) is 0 Å². The smallest absolute Gasteiger partial charge is 0.223 e. The van der Waals surface area contributed by atoms with Crippen molar-refractivity contribution in [3.8, 4) is 0 Å². The Kier molecular flexibility index (Phi) is 6.11. The Morgan fingerprint density at radius 1 is 1.16 bits per heavy atom. The summed E-state index contributed by atoms with van der Waals surface area (Å²) in [5.74, 6) is 0.329. The van der Waals surface area contributed by atoms with Gasteiger partial charge in [-0.05, 0) is 38.5 Å². The molecule has 2 rings (SSSR count). The zero-order chi connectivity index (χ0) is 13.5. The van der Waals surface area contributed by atoms with Crippen LogP contribution in [0.3, 0.4) is 0 Å². The average Bonchev–Trinajstić information content (AvgIpc) is 2.91. The molecule has 110 valence electrons. The molecule has 0 aromatic rings. The van der Waals surface area contributed by atoms with Crippen molar-refractivity contribution in [1.82, 2.24) is 5.32 Å². The normalized spacial score (nSPS) is 28.5. The lowest BCUT2D eigenvalue weighted by atomic mass is 9.85. The van der Waals surface area contributed by atoms with Crippen LogP contribution in [0.5, 0.6) is 0 Å². The second-order valence-corrected chi connectivity index (χ2v) is 6.05. The van der Waals surface area contributed by atoms with Crippen LogP contribution in [0.25, 0.3) is 0 Å². The molecule has 2 aliphatic carbocycles. The molecule has 4 heteroatoms. The molecule has 3 N–H and O–H groups in total. The summed E-state index contributed by atoms with van der Waals surface area (Å²) in [5.41, 5.74) is 5.91. The van der Waals surface area contributed by atoms with Gasteiger partial charge < -0.3 is 15.8 Å². The minimum absolute atomic E-state index is 0.138. The van der Waals surface area contributed by atoms with E-state index in [0.717, 1.165) is 45.3 Å². The molecule has 0 saturated heterocycles. The van der Waals surface area contributed by atoms with Gasteiger partial charge in [-0.15, -0.1) is 0 Å². The highest BCUT2D eigenvalue weighted by atomic mass is 16.5. The van der Waals surface area contributed by atoms with Crippen molar-refractivity contribution in [3.05, 3.63) is 0 Å². The maximum atomic E-state index is 12.0. The highest BCUT2D eigenvalue weighted by molar-refractivity contribution is 5.78. The number of nitrogens with two attached hydrogens (primary N) is 1. The first-order valence-corrected chi connectivity index (χ1v) is 7.90. The largest absolute Gasteiger partial charge is 0.378 e. The van der Waals surface area contributed by atoms with E-state index in [9.17, 15) is 4.79 Å². The Balaban J connectivity index is 1.51. The van der Waals surface area contributed by atoms with E-state index in [1.807, 2.05) is 0 Å².